The van der Waals surface area contributed by atoms with Gasteiger partial charge in [0, 0.05) is 29.4 Å². The Morgan fingerprint density at radius 2 is 1.95 bits per heavy atom. The first-order valence-electron chi connectivity index (χ1n) is 7.94. The van der Waals surface area contributed by atoms with Crippen LogP contribution in [-0.4, -0.2) is 36.0 Å². The fourth-order valence-electron chi connectivity index (χ4n) is 3.90. The van der Waals surface area contributed by atoms with E-state index in [0.29, 0.717) is 29.4 Å². The zero-order valence-corrected chi connectivity index (χ0v) is 12.9. The first-order valence-corrected chi connectivity index (χ1v) is 7.94. The minimum Gasteiger partial charge on any atom is -0.398 e. The van der Waals surface area contributed by atoms with E-state index in [1.54, 1.807) is 0 Å². The number of fused-ring (bicyclic) bond motifs is 2. The summed E-state index contributed by atoms with van der Waals surface area (Å²) in [5.74, 6) is 0.0208. The fraction of sp³-hybridized carbons (Fsp3) is 0.588. The van der Waals surface area contributed by atoms with Gasteiger partial charge in [-0.15, -0.1) is 0 Å². The Kier molecular flexibility index (Phi) is 3.89. The number of nitrogens with two attached hydrogens (primary N) is 1. The van der Waals surface area contributed by atoms with Gasteiger partial charge in [-0.3, -0.25) is 4.79 Å². The van der Waals surface area contributed by atoms with E-state index in [1.165, 1.54) is 19.3 Å². The zero-order chi connectivity index (χ0) is 15.0. The van der Waals surface area contributed by atoms with Gasteiger partial charge in [-0.2, -0.15) is 0 Å². The maximum Gasteiger partial charge on any atom is 0.251 e. The summed E-state index contributed by atoms with van der Waals surface area (Å²) in [6.45, 7) is 1.91. The molecular weight excluding hydrogens is 262 g/mol. The monoisotopic (exact) mass is 287 g/mol. The molecule has 2 aliphatic rings. The van der Waals surface area contributed by atoms with Gasteiger partial charge >= 0.3 is 0 Å². The van der Waals surface area contributed by atoms with Gasteiger partial charge in [0.25, 0.3) is 5.91 Å². The second kappa shape index (κ2) is 5.68. The third-order valence-corrected chi connectivity index (χ3v) is 5.30. The average Bonchev–Trinajstić information content (AvgIpc) is 2.43. The van der Waals surface area contributed by atoms with E-state index in [2.05, 4.69) is 17.3 Å². The van der Waals surface area contributed by atoms with Gasteiger partial charge in [0.05, 0.1) is 0 Å². The number of nitrogens with zero attached hydrogens (tertiary/aromatic N) is 1. The number of carbonyl (C=O) groups excluding carboxylic acids is 1. The number of hydrogen-bond acceptors (Lipinski definition) is 3. The molecule has 2 unspecified atom stereocenters. The lowest BCUT2D eigenvalue weighted by Crippen LogP contribution is -2.55. The summed E-state index contributed by atoms with van der Waals surface area (Å²) in [4.78, 5) is 15.0. The summed E-state index contributed by atoms with van der Waals surface area (Å²) < 4.78 is 0. The van der Waals surface area contributed by atoms with Crippen molar-refractivity contribution in [2.45, 2.75) is 57.2 Å². The number of nitrogens with one attached hydrogen (secondary N) is 1. The summed E-state index contributed by atoms with van der Waals surface area (Å²) in [5, 5.41) is 3.23. The lowest BCUT2D eigenvalue weighted by Gasteiger charge is -2.47. The molecule has 0 radical (unpaired) electrons. The molecule has 21 heavy (non-hydrogen) atoms. The molecular formula is C17H25N3O. The van der Waals surface area contributed by atoms with E-state index in [4.69, 9.17) is 5.73 Å². The van der Waals surface area contributed by atoms with Gasteiger partial charge in [0.1, 0.15) is 0 Å². The molecule has 2 heterocycles. The Balaban J connectivity index is 1.69. The highest BCUT2D eigenvalue weighted by molar-refractivity contribution is 5.97. The maximum absolute atomic E-state index is 12.5. The molecule has 4 heteroatoms. The largest absolute Gasteiger partial charge is 0.398 e. The third-order valence-electron chi connectivity index (χ3n) is 5.30. The van der Waals surface area contributed by atoms with Crippen LogP contribution >= 0.6 is 0 Å². The van der Waals surface area contributed by atoms with Crippen molar-refractivity contribution in [2.24, 2.45) is 0 Å². The van der Waals surface area contributed by atoms with Crippen LogP contribution in [0, 0.1) is 6.92 Å². The van der Waals surface area contributed by atoms with Gasteiger partial charge in [0.15, 0.2) is 0 Å². The van der Waals surface area contributed by atoms with Crippen molar-refractivity contribution in [1.82, 2.24) is 10.2 Å². The first kappa shape index (κ1) is 14.4. The molecule has 2 saturated heterocycles. The van der Waals surface area contributed by atoms with Gasteiger partial charge in [-0.1, -0.05) is 12.5 Å². The highest BCUT2D eigenvalue weighted by atomic mass is 16.1. The molecule has 3 rings (SSSR count). The molecule has 4 nitrogen and oxygen atoms in total. The molecule has 0 aromatic heterocycles. The predicted octanol–water partition coefficient (Wildman–Crippen LogP) is 2.32. The third kappa shape index (κ3) is 2.77. The second-order valence-electron chi connectivity index (χ2n) is 6.57. The van der Waals surface area contributed by atoms with Crippen LogP contribution in [-0.2, 0) is 0 Å². The Bertz CT molecular complexity index is 529. The molecule has 0 aliphatic carbocycles. The Labute approximate surface area is 126 Å². The molecule has 3 N–H and O–H groups in total. The summed E-state index contributed by atoms with van der Waals surface area (Å²) in [7, 11) is 2.23. The van der Waals surface area contributed by atoms with Gasteiger partial charge < -0.3 is 16.0 Å². The molecule has 0 spiro atoms. The molecule has 1 amide bonds. The van der Waals surface area contributed by atoms with Crippen LogP contribution in [0.3, 0.4) is 0 Å². The second-order valence-corrected chi connectivity index (χ2v) is 6.57. The van der Waals surface area contributed by atoms with Crippen LogP contribution in [0.1, 0.15) is 48.0 Å². The fourth-order valence-corrected chi connectivity index (χ4v) is 3.90. The number of amides is 1. The lowest BCUT2D eigenvalue weighted by molar-refractivity contribution is 0.0463. The van der Waals surface area contributed by atoms with Gasteiger partial charge in [-0.25, -0.2) is 0 Å². The number of benzene rings is 1. The standard InChI is InChI=1S/C17H25N3O/c1-11-15(7-4-8-16(11)18)17(21)19-12-9-13-5-3-6-14(10-12)20(13)2/h4,7-8,12-14H,3,5-6,9-10,18H2,1-2H3,(H,19,21). The number of rotatable bonds is 2. The van der Waals surface area contributed by atoms with Crippen molar-refractivity contribution in [3.63, 3.8) is 0 Å². The minimum absolute atomic E-state index is 0.0208. The van der Waals surface area contributed by atoms with E-state index < -0.39 is 0 Å². The van der Waals surface area contributed by atoms with Gasteiger partial charge in [0.2, 0.25) is 0 Å². The van der Waals surface area contributed by atoms with Crippen molar-refractivity contribution >= 4 is 11.6 Å². The van der Waals surface area contributed by atoms with Crippen LogP contribution in [0.4, 0.5) is 5.69 Å². The first-order chi connectivity index (χ1) is 10.1. The molecule has 1 aromatic rings. The number of hydrogen-bond donors (Lipinski definition) is 2. The van der Waals surface area contributed by atoms with Crippen LogP contribution in [0.15, 0.2) is 18.2 Å². The summed E-state index contributed by atoms with van der Waals surface area (Å²) in [6, 6.07) is 7.10. The van der Waals surface area contributed by atoms with E-state index >= 15 is 0 Å². The average molecular weight is 287 g/mol. The van der Waals surface area contributed by atoms with Crippen LogP contribution in [0.25, 0.3) is 0 Å². The topological polar surface area (TPSA) is 58.4 Å². The molecule has 2 bridgehead atoms. The summed E-state index contributed by atoms with van der Waals surface area (Å²) >= 11 is 0. The minimum atomic E-state index is 0.0208. The molecule has 2 fully saturated rings. The number of nitrogen functional groups attached to an aromatic ring is 1. The lowest BCUT2D eigenvalue weighted by atomic mass is 9.82. The molecule has 1 aromatic carbocycles. The Morgan fingerprint density at radius 1 is 1.29 bits per heavy atom. The van der Waals surface area contributed by atoms with Gasteiger partial charge in [-0.05, 0) is 57.4 Å². The van der Waals surface area contributed by atoms with Crippen molar-refractivity contribution < 1.29 is 4.79 Å². The SMILES string of the molecule is Cc1c(N)cccc1C(=O)NC1CC2CCCC(C1)N2C. The molecule has 114 valence electrons. The quantitative estimate of drug-likeness (QED) is 0.821. The molecule has 2 atom stereocenters. The van der Waals surface area contributed by atoms with Crippen LogP contribution in [0.5, 0.6) is 0 Å². The zero-order valence-electron chi connectivity index (χ0n) is 12.9. The highest BCUT2D eigenvalue weighted by Crippen LogP contribution is 2.32. The van der Waals surface area contributed by atoms with Crippen LogP contribution in [0.2, 0.25) is 0 Å². The Morgan fingerprint density at radius 3 is 2.62 bits per heavy atom. The number of carbonyl (C=O) groups is 1. The molecule has 2 aliphatic heterocycles. The number of anilines is 1. The normalized spacial score (nSPS) is 29.1. The predicted molar refractivity (Wildman–Crippen MR) is 85.3 cm³/mol. The van der Waals surface area contributed by atoms with Crippen molar-refractivity contribution in [3.8, 4) is 0 Å². The van der Waals surface area contributed by atoms with Crippen molar-refractivity contribution in [1.29, 1.82) is 0 Å². The van der Waals surface area contributed by atoms with E-state index in [-0.39, 0.29) is 5.91 Å². The van der Waals surface area contributed by atoms with E-state index in [9.17, 15) is 4.79 Å². The van der Waals surface area contributed by atoms with Crippen molar-refractivity contribution in [3.05, 3.63) is 29.3 Å². The Hall–Kier alpha value is -1.55. The smallest absolute Gasteiger partial charge is 0.251 e. The summed E-state index contributed by atoms with van der Waals surface area (Å²) in [5.41, 5.74) is 8.17. The maximum atomic E-state index is 12.5. The summed E-state index contributed by atoms with van der Waals surface area (Å²) in [6.07, 6.45) is 5.99. The highest BCUT2D eigenvalue weighted by Gasteiger charge is 2.36. The number of piperidine rings is 2. The van der Waals surface area contributed by atoms with E-state index in [1.807, 2.05) is 25.1 Å². The molecule has 0 saturated carbocycles. The van der Waals surface area contributed by atoms with E-state index in [0.717, 1.165) is 18.4 Å². The van der Waals surface area contributed by atoms with Crippen LogP contribution < -0.4 is 11.1 Å². The van der Waals surface area contributed by atoms with Crippen molar-refractivity contribution in [2.75, 3.05) is 12.8 Å².